The van der Waals surface area contributed by atoms with Gasteiger partial charge in [-0.05, 0) is 38.9 Å². The predicted molar refractivity (Wildman–Crippen MR) is 49.6 cm³/mol. The third-order valence-corrected chi connectivity index (χ3v) is 1.86. The number of halogens is 1. The van der Waals surface area contributed by atoms with Gasteiger partial charge in [-0.15, -0.1) is 0 Å². The first-order valence-electron chi connectivity index (χ1n) is 3.88. The predicted octanol–water partition coefficient (Wildman–Crippen LogP) is 1.10. The van der Waals surface area contributed by atoms with Gasteiger partial charge in [-0.1, -0.05) is 15.9 Å². The van der Waals surface area contributed by atoms with E-state index in [1.807, 2.05) is 0 Å². The topological polar surface area (TPSA) is 38.0 Å². The van der Waals surface area contributed by atoms with E-state index in [1.165, 1.54) is 12.8 Å². The molecule has 0 atom stereocenters. The van der Waals surface area contributed by atoms with Gasteiger partial charge in [-0.3, -0.25) is 0 Å². The lowest BCUT2D eigenvalue weighted by Crippen LogP contribution is -2.19. The summed E-state index contributed by atoms with van der Waals surface area (Å²) in [5.74, 6) is 0. The standard InChI is InChI=1S/C7H17BrN2/c8-4-1-2-6-10-7-3-5-9/h10H,1-7,9H2. The van der Waals surface area contributed by atoms with Crippen molar-refractivity contribution in [1.29, 1.82) is 0 Å². The van der Waals surface area contributed by atoms with Gasteiger partial charge in [0.05, 0.1) is 0 Å². The normalized spacial score (nSPS) is 10.2. The van der Waals surface area contributed by atoms with E-state index in [2.05, 4.69) is 21.2 Å². The average Bonchev–Trinajstić information content (AvgIpc) is 1.97. The summed E-state index contributed by atoms with van der Waals surface area (Å²) in [6.07, 6.45) is 3.61. The quantitative estimate of drug-likeness (QED) is 0.486. The summed E-state index contributed by atoms with van der Waals surface area (Å²) in [6, 6.07) is 0. The number of alkyl halides is 1. The first-order valence-corrected chi connectivity index (χ1v) is 5.00. The van der Waals surface area contributed by atoms with Crippen LogP contribution >= 0.6 is 15.9 Å². The fourth-order valence-electron chi connectivity index (χ4n) is 0.697. The first-order chi connectivity index (χ1) is 4.91. The second kappa shape index (κ2) is 9.40. The SMILES string of the molecule is NCCCNCCCCBr. The Morgan fingerprint density at radius 1 is 1.10 bits per heavy atom. The Balaban J connectivity index is 2.65. The zero-order valence-corrected chi connectivity index (χ0v) is 7.99. The number of hydrogen-bond donors (Lipinski definition) is 2. The van der Waals surface area contributed by atoms with Crippen LogP contribution in [0.3, 0.4) is 0 Å². The van der Waals surface area contributed by atoms with E-state index in [9.17, 15) is 0 Å². The van der Waals surface area contributed by atoms with Crippen molar-refractivity contribution in [3.63, 3.8) is 0 Å². The van der Waals surface area contributed by atoms with Crippen LogP contribution in [0.4, 0.5) is 0 Å². The maximum atomic E-state index is 5.32. The first kappa shape index (κ1) is 10.4. The molecule has 0 fully saturated rings. The largest absolute Gasteiger partial charge is 0.330 e. The second-order valence-electron chi connectivity index (χ2n) is 2.29. The molecule has 62 valence electrons. The van der Waals surface area contributed by atoms with E-state index in [0.717, 1.165) is 31.4 Å². The molecule has 0 aromatic heterocycles. The highest BCUT2D eigenvalue weighted by Gasteiger charge is 1.85. The van der Waals surface area contributed by atoms with Crippen molar-refractivity contribution in [2.45, 2.75) is 19.3 Å². The summed E-state index contributed by atoms with van der Waals surface area (Å²) >= 11 is 3.38. The minimum atomic E-state index is 0.797. The van der Waals surface area contributed by atoms with Gasteiger partial charge in [0, 0.05) is 5.33 Å². The smallest absolute Gasteiger partial charge is 0.00317 e. The van der Waals surface area contributed by atoms with Crippen LogP contribution in [0.15, 0.2) is 0 Å². The maximum absolute atomic E-state index is 5.32. The summed E-state index contributed by atoms with van der Waals surface area (Å²) in [5.41, 5.74) is 5.32. The van der Waals surface area contributed by atoms with E-state index in [-0.39, 0.29) is 0 Å². The Labute approximate surface area is 71.7 Å². The molecule has 3 N–H and O–H groups in total. The lowest BCUT2D eigenvalue weighted by molar-refractivity contribution is 0.623. The third kappa shape index (κ3) is 8.40. The van der Waals surface area contributed by atoms with Gasteiger partial charge in [0.2, 0.25) is 0 Å². The summed E-state index contributed by atoms with van der Waals surface area (Å²) in [6.45, 7) is 3.00. The molecule has 0 saturated heterocycles. The van der Waals surface area contributed by atoms with Gasteiger partial charge in [-0.25, -0.2) is 0 Å². The molecule has 10 heavy (non-hydrogen) atoms. The molecular formula is C7H17BrN2. The third-order valence-electron chi connectivity index (χ3n) is 1.29. The molecule has 2 nitrogen and oxygen atoms in total. The molecule has 3 heteroatoms. The highest BCUT2D eigenvalue weighted by molar-refractivity contribution is 9.09. The van der Waals surface area contributed by atoms with Crippen LogP contribution in [0.25, 0.3) is 0 Å². The van der Waals surface area contributed by atoms with Gasteiger partial charge >= 0.3 is 0 Å². The Morgan fingerprint density at radius 3 is 2.40 bits per heavy atom. The Hall–Kier alpha value is 0.400. The van der Waals surface area contributed by atoms with Crippen LogP contribution in [-0.2, 0) is 0 Å². The van der Waals surface area contributed by atoms with E-state index in [0.29, 0.717) is 0 Å². The van der Waals surface area contributed by atoms with Crippen molar-refractivity contribution < 1.29 is 0 Å². The summed E-state index contributed by atoms with van der Waals surface area (Å²) in [5, 5.41) is 4.44. The van der Waals surface area contributed by atoms with Crippen LogP contribution in [-0.4, -0.2) is 25.0 Å². The number of unbranched alkanes of at least 4 members (excludes halogenated alkanes) is 1. The van der Waals surface area contributed by atoms with E-state index in [1.54, 1.807) is 0 Å². The molecule has 0 radical (unpaired) electrons. The molecule has 0 rings (SSSR count). The van der Waals surface area contributed by atoms with Crippen LogP contribution in [0.2, 0.25) is 0 Å². The minimum absolute atomic E-state index is 0.797. The number of hydrogen-bond acceptors (Lipinski definition) is 2. The van der Waals surface area contributed by atoms with Crippen molar-refractivity contribution in [3.05, 3.63) is 0 Å². The highest BCUT2D eigenvalue weighted by Crippen LogP contribution is 1.91. The van der Waals surface area contributed by atoms with Crippen molar-refractivity contribution in [3.8, 4) is 0 Å². The molecule has 0 spiro atoms. The van der Waals surface area contributed by atoms with Crippen molar-refractivity contribution in [2.75, 3.05) is 25.0 Å². The second-order valence-corrected chi connectivity index (χ2v) is 3.08. The molecule has 0 aliphatic rings. The van der Waals surface area contributed by atoms with E-state index >= 15 is 0 Å². The molecule has 0 saturated carbocycles. The zero-order valence-electron chi connectivity index (χ0n) is 6.41. The monoisotopic (exact) mass is 208 g/mol. The number of rotatable bonds is 7. The van der Waals surface area contributed by atoms with Crippen LogP contribution in [0.1, 0.15) is 19.3 Å². The Morgan fingerprint density at radius 2 is 1.80 bits per heavy atom. The fraction of sp³-hybridized carbons (Fsp3) is 1.00. The lowest BCUT2D eigenvalue weighted by atomic mass is 10.3. The number of nitrogens with two attached hydrogens (primary N) is 1. The molecule has 0 bridgehead atoms. The Bertz CT molecular complexity index is 51.6. The average molecular weight is 209 g/mol. The van der Waals surface area contributed by atoms with E-state index in [4.69, 9.17) is 5.73 Å². The maximum Gasteiger partial charge on any atom is 0.00317 e. The van der Waals surface area contributed by atoms with Gasteiger partial charge in [-0.2, -0.15) is 0 Å². The molecule has 0 aromatic carbocycles. The van der Waals surface area contributed by atoms with Crippen molar-refractivity contribution >= 4 is 15.9 Å². The van der Waals surface area contributed by atoms with Gasteiger partial charge < -0.3 is 11.1 Å². The molecule has 0 aliphatic heterocycles. The molecule has 0 aromatic rings. The van der Waals surface area contributed by atoms with Gasteiger partial charge in [0.15, 0.2) is 0 Å². The van der Waals surface area contributed by atoms with Crippen molar-refractivity contribution in [2.24, 2.45) is 5.73 Å². The summed E-state index contributed by atoms with van der Waals surface area (Å²) in [4.78, 5) is 0. The summed E-state index contributed by atoms with van der Waals surface area (Å²) in [7, 11) is 0. The highest BCUT2D eigenvalue weighted by atomic mass is 79.9. The molecule has 0 aliphatic carbocycles. The minimum Gasteiger partial charge on any atom is -0.330 e. The summed E-state index contributed by atoms with van der Waals surface area (Å²) < 4.78 is 0. The van der Waals surface area contributed by atoms with E-state index < -0.39 is 0 Å². The van der Waals surface area contributed by atoms with Crippen molar-refractivity contribution in [1.82, 2.24) is 5.32 Å². The molecular weight excluding hydrogens is 192 g/mol. The number of nitrogens with one attached hydrogen (secondary N) is 1. The molecule has 0 heterocycles. The van der Waals surface area contributed by atoms with Crippen LogP contribution in [0.5, 0.6) is 0 Å². The van der Waals surface area contributed by atoms with Gasteiger partial charge in [0.25, 0.3) is 0 Å². The lowest BCUT2D eigenvalue weighted by Gasteiger charge is -2.00. The van der Waals surface area contributed by atoms with Crippen LogP contribution < -0.4 is 11.1 Å². The molecule has 0 amide bonds. The zero-order chi connectivity index (χ0) is 7.66. The Kier molecular flexibility index (Phi) is 9.78. The molecule has 0 unspecified atom stereocenters. The van der Waals surface area contributed by atoms with Gasteiger partial charge in [0.1, 0.15) is 0 Å². The van der Waals surface area contributed by atoms with Crippen LogP contribution in [0, 0.1) is 0 Å². The fourth-order valence-corrected chi connectivity index (χ4v) is 1.09.